The van der Waals surface area contributed by atoms with Gasteiger partial charge >= 0.3 is 5.97 Å². The van der Waals surface area contributed by atoms with E-state index < -0.39 is 17.7 Å². The molecule has 1 N–H and O–H groups in total. The van der Waals surface area contributed by atoms with E-state index in [2.05, 4.69) is 4.98 Å². The molecule has 216 valence electrons. The van der Waals surface area contributed by atoms with Gasteiger partial charge < -0.3 is 9.84 Å². The van der Waals surface area contributed by atoms with Crippen molar-refractivity contribution in [3.8, 4) is 27.5 Å². The first kappa shape index (κ1) is 28.7. The Balaban J connectivity index is 1.55. The number of hydrogen-bond acceptors (Lipinski definition) is 6. The number of aryl methyl sites for hydroxylation is 1. The molecule has 3 heterocycles. The number of aromatic nitrogens is 3. The van der Waals surface area contributed by atoms with E-state index in [1.54, 1.807) is 30.6 Å². The van der Waals surface area contributed by atoms with Crippen molar-refractivity contribution in [3.63, 3.8) is 0 Å². The summed E-state index contributed by atoms with van der Waals surface area (Å²) >= 11 is 7.67. The van der Waals surface area contributed by atoms with Crippen molar-refractivity contribution in [1.29, 1.82) is 0 Å². The molecule has 1 atom stereocenters. The highest BCUT2D eigenvalue weighted by Gasteiger charge is 2.32. The Hall–Kier alpha value is -4.37. The lowest BCUT2D eigenvalue weighted by molar-refractivity contribution is -0.160. The predicted octanol–water partition coefficient (Wildman–Crippen LogP) is 8.23. The van der Waals surface area contributed by atoms with Crippen LogP contribution in [-0.4, -0.2) is 31.2 Å². The molecule has 0 aliphatic carbocycles. The van der Waals surface area contributed by atoms with Crippen molar-refractivity contribution in [2.45, 2.75) is 39.4 Å². The van der Waals surface area contributed by atoms with Gasteiger partial charge in [0.1, 0.15) is 10.8 Å². The Kier molecular flexibility index (Phi) is 7.38. The van der Waals surface area contributed by atoms with Gasteiger partial charge in [-0.15, -0.1) is 11.3 Å². The Bertz CT molecular complexity index is 2080. The van der Waals surface area contributed by atoms with Crippen LogP contribution in [-0.2, 0) is 9.53 Å². The molecule has 9 heteroatoms. The van der Waals surface area contributed by atoms with Crippen molar-refractivity contribution in [2.24, 2.45) is 0 Å². The summed E-state index contributed by atoms with van der Waals surface area (Å²) in [5.41, 5.74) is 3.54. The van der Waals surface area contributed by atoms with Crippen LogP contribution in [0.15, 0.2) is 90.0 Å². The molecule has 3 aromatic carbocycles. The quantitative estimate of drug-likeness (QED) is 0.204. The number of fused-ring (bicyclic) bond motifs is 2. The molecule has 0 bridgehead atoms. The van der Waals surface area contributed by atoms with Crippen LogP contribution in [0, 0.1) is 6.92 Å². The second-order valence-corrected chi connectivity index (χ2v) is 12.7. The highest BCUT2D eigenvalue weighted by Crippen LogP contribution is 2.44. The molecule has 0 spiro atoms. The molecule has 3 aromatic heterocycles. The van der Waals surface area contributed by atoms with E-state index in [-0.39, 0.29) is 5.56 Å². The number of rotatable bonds is 6. The van der Waals surface area contributed by atoms with Crippen molar-refractivity contribution in [3.05, 3.63) is 112 Å². The molecule has 0 radical (unpaired) electrons. The summed E-state index contributed by atoms with van der Waals surface area (Å²) in [6.07, 6.45) is 2.19. The summed E-state index contributed by atoms with van der Waals surface area (Å²) < 4.78 is 8.47. The zero-order chi connectivity index (χ0) is 30.5. The first-order valence-corrected chi connectivity index (χ1v) is 14.9. The number of carbonyl (C=O) groups is 1. The van der Waals surface area contributed by atoms with Gasteiger partial charge in [-0.1, -0.05) is 41.9 Å². The Morgan fingerprint density at radius 3 is 2.49 bits per heavy atom. The summed E-state index contributed by atoms with van der Waals surface area (Å²) in [7, 11) is 0. The van der Waals surface area contributed by atoms with E-state index in [1.165, 1.54) is 15.9 Å². The average molecular weight is 610 g/mol. The lowest BCUT2D eigenvalue weighted by Gasteiger charge is -2.28. The summed E-state index contributed by atoms with van der Waals surface area (Å²) in [4.78, 5) is 35.3. The molecular weight excluding hydrogens is 582 g/mol. The van der Waals surface area contributed by atoms with Gasteiger partial charge in [0, 0.05) is 39.5 Å². The second-order valence-electron chi connectivity index (χ2n) is 11.3. The fraction of sp³-hybridized carbons (Fsp3) is 0.176. The van der Waals surface area contributed by atoms with Crippen molar-refractivity contribution < 1.29 is 14.6 Å². The van der Waals surface area contributed by atoms with Crippen LogP contribution >= 0.6 is 22.9 Å². The topological polar surface area (TPSA) is 94.3 Å². The Morgan fingerprint density at radius 2 is 1.77 bits per heavy atom. The van der Waals surface area contributed by atoms with Gasteiger partial charge in [0.05, 0.1) is 15.8 Å². The SMILES string of the molecule is Cc1cc2nc(-c3ccnc(-n4ccc5ccccc5c4=O)c3)sc2c(-c2ccc(Cl)cc2)c1[C@H](OC(C)(C)C)C(=O)O. The lowest BCUT2D eigenvalue weighted by Crippen LogP contribution is -2.28. The minimum Gasteiger partial charge on any atom is -0.479 e. The largest absolute Gasteiger partial charge is 0.479 e. The van der Waals surface area contributed by atoms with E-state index in [9.17, 15) is 14.7 Å². The van der Waals surface area contributed by atoms with Crippen LogP contribution in [0.4, 0.5) is 0 Å². The molecule has 43 heavy (non-hydrogen) atoms. The molecule has 6 rings (SSSR count). The van der Waals surface area contributed by atoms with Gasteiger partial charge in [-0.3, -0.25) is 9.36 Å². The first-order chi connectivity index (χ1) is 20.5. The molecule has 6 aromatic rings. The van der Waals surface area contributed by atoms with Crippen LogP contribution in [0.25, 0.3) is 48.5 Å². The number of pyridine rings is 2. The average Bonchev–Trinajstić information content (AvgIpc) is 3.39. The number of aliphatic carboxylic acids is 1. The third-order valence-electron chi connectivity index (χ3n) is 7.07. The third kappa shape index (κ3) is 5.57. The minimum atomic E-state index is -1.20. The van der Waals surface area contributed by atoms with Crippen molar-refractivity contribution in [1.82, 2.24) is 14.5 Å². The maximum Gasteiger partial charge on any atom is 0.337 e. The molecule has 0 unspecified atom stereocenters. The molecular formula is C34H28ClN3O4S. The maximum atomic E-state index is 13.3. The third-order valence-corrected chi connectivity index (χ3v) is 8.46. The molecule has 0 saturated heterocycles. The molecule has 0 aliphatic heterocycles. The fourth-order valence-corrected chi connectivity index (χ4v) is 6.46. The van der Waals surface area contributed by atoms with E-state index in [4.69, 9.17) is 21.3 Å². The second kappa shape index (κ2) is 11.0. The number of carboxylic acids is 1. The maximum absolute atomic E-state index is 13.3. The number of ether oxygens (including phenoxy) is 1. The fourth-order valence-electron chi connectivity index (χ4n) is 5.22. The van der Waals surface area contributed by atoms with Crippen molar-refractivity contribution in [2.75, 3.05) is 0 Å². The van der Waals surface area contributed by atoms with E-state index in [0.717, 1.165) is 37.9 Å². The van der Waals surface area contributed by atoms with Crippen LogP contribution in [0.1, 0.15) is 38.0 Å². The number of thiazole rings is 1. The summed E-state index contributed by atoms with van der Waals surface area (Å²) in [5.74, 6) is -0.594. The molecule has 0 saturated carbocycles. The highest BCUT2D eigenvalue weighted by molar-refractivity contribution is 7.22. The number of carboxylic acid groups (broad SMARTS) is 1. The zero-order valence-electron chi connectivity index (χ0n) is 24.0. The van der Waals surface area contributed by atoms with Gasteiger partial charge in [0.25, 0.3) is 5.56 Å². The number of benzene rings is 3. The zero-order valence-corrected chi connectivity index (χ0v) is 25.5. The van der Waals surface area contributed by atoms with Crippen LogP contribution < -0.4 is 5.56 Å². The van der Waals surface area contributed by atoms with E-state index in [0.29, 0.717) is 26.8 Å². The molecule has 0 amide bonds. The Morgan fingerprint density at radius 1 is 1.02 bits per heavy atom. The summed E-state index contributed by atoms with van der Waals surface area (Å²) in [6.45, 7) is 7.40. The molecule has 0 aliphatic rings. The van der Waals surface area contributed by atoms with Gasteiger partial charge in [-0.2, -0.15) is 0 Å². The normalized spacial score (nSPS) is 12.6. The highest BCUT2D eigenvalue weighted by atomic mass is 35.5. The summed E-state index contributed by atoms with van der Waals surface area (Å²) in [6, 6.07) is 22.3. The predicted molar refractivity (Wildman–Crippen MR) is 172 cm³/mol. The lowest BCUT2D eigenvalue weighted by atomic mass is 9.91. The van der Waals surface area contributed by atoms with Gasteiger partial charge in [0.15, 0.2) is 6.10 Å². The van der Waals surface area contributed by atoms with Gasteiger partial charge in [-0.05, 0) is 86.7 Å². The van der Waals surface area contributed by atoms with Crippen LogP contribution in [0.5, 0.6) is 0 Å². The standard InChI is InChI=1S/C34H28ClN3O4S/c1-19-17-25-30(28(21-9-11-23(35)12-10-21)27(19)29(33(40)41)42-34(2,3)4)43-31(37-25)22-13-15-36-26(18-22)38-16-14-20-7-5-6-8-24(20)32(38)39/h5-18,29H,1-4H3,(H,40,41)/t29-/m0/s1. The van der Waals surface area contributed by atoms with Crippen LogP contribution in [0.2, 0.25) is 5.02 Å². The number of hydrogen-bond donors (Lipinski definition) is 1. The summed E-state index contributed by atoms with van der Waals surface area (Å²) in [5, 5.41) is 13.1. The van der Waals surface area contributed by atoms with E-state index in [1.807, 2.05) is 82.3 Å². The first-order valence-electron chi connectivity index (χ1n) is 13.7. The number of nitrogens with zero attached hydrogens (tertiary/aromatic N) is 3. The molecule has 0 fully saturated rings. The van der Waals surface area contributed by atoms with E-state index >= 15 is 0 Å². The molecule has 7 nitrogen and oxygen atoms in total. The Labute approximate surface area is 257 Å². The van der Waals surface area contributed by atoms with Crippen molar-refractivity contribution >= 4 is 49.9 Å². The van der Waals surface area contributed by atoms with Gasteiger partial charge in [0.2, 0.25) is 0 Å². The smallest absolute Gasteiger partial charge is 0.337 e. The van der Waals surface area contributed by atoms with Gasteiger partial charge in [-0.25, -0.2) is 14.8 Å². The van der Waals surface area contributed by atoms with Crippen LogP contribution in [0.3, 0.4) is 0 Å². The number of halogens is 1. The minimum absolute atomic E-state index is 0.157. The monoisotopic (exact) mass is 609 g/mol.